The van der Waals surface area contributed by atoms with Crippen molar-refractivity contribution in [1.82, 2.24) is 24.6 Å². The summed E-state index contributed by atoms with van der Waals surface area (Å²) >= 11 is 12.9. The average Bonchev–Trinajstić information content (AvgIpc) is 2.95. The predicted octanol–water partition coefficient (Wildman–Crippen LogP) is 5.64. The molecular weight excluding hydrogens is 533 g/mol. The van der Waals surface area contributed by atoms with Crippen molar-refractivity contribution < 1.29 is 0 Å². The third-order valence-electron chi connectivity index (χ3n) is 6.82. The lowest BCUT2D eigenvalue weighted by Gasteiger charge is -2.34. The highest BCUT2D eigenvalue weighted by molar-refractivity contribution is 6.37. The fraction of sp³-hybridized carbons (Fsp3) is 0.172. The van der Waals surface area contributed by atoms with Crippen molar-refractivity contribution in [2.24, 2.45) is 0 Å². The molecule has 0 aliphatic carbocycles. The molecule has 6 rings (SSSR count). The van der Waals surface area contributed by atoms with E-state index in [9.17, 15) is 4.79 Å². The van der Waals surface area contributed by atoms with Gasteiger partial charge in [-0.3, -0.25) is 4.79 Å². The summed E-state index contributed by atoms with van der Waals surface area (Å²) in [4.78, 5) is 27.5. The first kappa shape index (κ1) is 25.3. The predicted molar refractivity (Wildman–Crippen MR) is 158 cm³/mol. The van der Waals surface area contributed by atoms with E-state index in [0.717, 1.165) is 37.4 Å². The van der Waals surface area contributed by atoms with Crippen LogP contribution >= 0.6 is 23.2 Å². The highest BCUT2D eigenvalue weighted by Gasteiger charge is 2.19. The van der Waals surface area contributed by atoms with Crippen LogP contribution < -0.4 is 15.8 Å². The number of aromatic nitrogens is 4. The summed E-state index contributed by atoms with van der Waals surface area (Å²) in [7, 11) is 2.15. The molecular formula is C29H25Cl2N7O. The van der Waals surface area contributed by atoms with Crippen molar-refractivity contribution in [3.8, 4) is 16.9 Å². The van der Waals surface area contributed by atoms with Gasteiger partial charge in [-0.25, -0.2) is 9.97 Å². The molecule has 0 radical (unpaired) electrons. The minimum absolute atomic E-state index is 0.302. The van der Waals surface area contributed by atoms with Gasteiger partial charge in [0, 0.05) is 49.3 Å². The lowest BCUT2D eigenvalue weighted by Crippen LogP contribution is -2.44. The van der Waals surface area contributed by atoms with Gasteiger partial charge in [0.1, 0.15) is 16.9 Å². The Kier molecular flexibility index (Phi) is 6.91. The maximum Gasteiger partial charge on any atom is 0.282 e. The van der Waals surface area contributed by atoms with Gasteiger partial charge in [-0.05, 0) is 43.4 Å². The number of nitrogens with one attached hydrogen (secondary N) is 1. The van der Waals surface area contributed by atoms with Crippen LogP contribution in [0.25, 0.3) is 27.8 Å². The smallest absolute Gasteiger partial charge is 0.282 e. The number of benzene rings is 3. The molecule has 10 heteroatoms. The summed E-state index contributed by atoms with van der Waals surface area (Å²) in [5.41, 5.74) is 3.66. The Morgan fingerprint density at radius 2 is 1.54 bits per heavy atom. The number of fused-ring (bicyclic) bond motifs is 1. The van der Waals surface area contributed by atoms with Crippen molar-refractivity contribution in [1.29, 1.82) is 0 Å². The number of hydrogen-bond acceptors (Lipinski definition) is 7. The van der Waals surface area contributed by atoms with Crippen molar-refractivity contribution in [2.45, 2.75) is 0 Å². The zero-order valence-electron chi connectivity index (χ0n) is 21.2. The summed E-state index contributed by atoms with van der Waals surface area (Å²) in [5, 5.41) is 8.89. The van der Waals surface area contributed by atoms with Crippen LogP contribution in [0.1, 0.15) is 0 Å². The van der Waals surface area contributed by atoms with Gasteiger partial charge >= 0.3 is 0 Å². The molecule has 3 heterocycles. The van der Waals surface area contributed by atoms with Crippen LogP contribution in [-0.2, 0) is 0 Å². The van der Waals surface area contributed by atoms with Crippen LogP contribution in [0.3, 0.4) is 0 Å². The van der Waals surface area contributed by atoms with E-state index in [4.69, 9.17) is 28.2 Å². The highest BCUT2D eigenvalue weighted by Crippen LogP contribution is 2.30. The summed E-state index contributed by atoms with van der Waals surface area (Å²) in [5.74, 6) is 0.363. The van der Waals surface area contributed by atoms with Crippen molar-refractivity contribution in [2.75, 3.05) is 43.4 Å². The molecule has 0 atom stereocenters. The number of hydrogen-bond donors (Lipinski definition) is 1. The normalized spacial score (nSPS) is 14.1. The SMILES string of the molecule is CN1CCN(c2ccc(Nc3ncc4c(=O)n(-c5c(Cl)cccc5Cl)nc(-c5ccccc5)c4n3)cc2)CC1. The summed E-state index contributed by atoms with van der Waals surface area (Å²) in [6.07, 6.45) is 1.51. The van der Waals surface area contributed by atoms with Gasteiger partial charge in [-0.1, -0.05) is 59.6 Å². The fourth-order valence-electron chi connectivity index (χ4n) is 4.67. The lowest BCUT2D eigenvalue weighted by atomic mass is 10.1. The standard InChI is InChI=1S/C29H25Cl2N7O/c1-36-14-16-37(17-15-36)21-12-10-20(11-13-21)33-29-32-18-22-26(34-29)25(19-6-3-2-4-7-19)35-38(28(22)39)27-23(30)8-5-9-24(27)31/h2-13,18H,14-17H2,1H3,(H,32,33,34). The van der Waals surface area contributed by atoms with Gasteiger partial charge in [0.05, 0.1) is 15.4 Å². The van der Waals surface area contributed by atoms with E-state index in [1.807, 2.05) is 42.5 Å². The van der Waals surface area contributed by atoms with Gasteiger partial charge in [-0.15, -0.1) is 0 Å². The summed E-state index contributed by atoms with van der Waals surface area (Å²) < 4.78 is 1.23. The average molecular weight is 558 g/mol. The minimum atomic E-state index is -0.414. The van der Waals surface area contributed by atoms with E-state index in [1.165, 1.54) is 16.6 Å². The number of halogens is 2. The molecule has 5 aromatic rings. The zero-order valence-corrected chi connectivity index (χ0v) is 22.7. The molecule has 0 saturated carbocycles. The largest absolute Gasteiger partial charge is 0.369 e. The first-order valence-electron chi connectivity index (χ1n) is 12.6. The topological polar surface area (TPSA) is 79.2 Å². The second-order valence-electron chi connectivity index (χ2n) is 9.42. The third kappa shape index (κ3) is 5.06. The zero-order chi connectivity index (χ0) is 26.9. The van der Waals surface area contributed by atoms with Crippen molar-refractivity contribution in [3.05, 3.63) is 99.4 Å². The van der Waals surface area contributed by atoms with E-state index >= 15 is 0 Å². The minimum Gasteiger partial charge on any atom is -0.369 e. The van der Waals surface area contributed by atoms with E-state index in [1.54, 1.807) is 18.2 Å². The second-order valence-corrected chi connectivity index (χ2v) is 10.2. The lowest BCUT2D eigenvalue weighted by molar-refractivity contribution is 0.313. The molecule has 0 bridgehead atoms. The quantitative estimate of drug-likeness (QED) is 0.299. The molecule has 2 aromatic heterocycles. The number of para-hydroxylation sites is 1. The molecule has 196 valence electrons. The van der Waals surface area contributed by atoms with Gasteiger partial charge in [0.25, 0.3) is 5.56 Å². The molecule has 3 aromatic carbocycles. The van der Waals surface area contributed by atoms with Gasteiger partial charge in [0.2, 0.25) is 5.95 Å². The van der Waals surface area contributed by atoms with Crippen LogP contribution in [0.2, 0.25) is 10.0 Å². The number of piperazine rings is 1. The number of likely N-dealkylation sites (N-methyl/N-ethyl adjacent to an activating group) is 1. The summed E-state index contributed by atoms with van der Waals surface area (Å²) in [6, 6.07) is 22.8. The van der Waals surface area contributed by atoms with Crippen molar-refractivity contribution >= 4 is 51.4 Å². The van der Waals surface area contributed by atoms with Crippen LogP contribution in [-0.4, -0.2) is 57.9 Å². The first-order chi connectivity index (χ1) is 19.0. The number of rotatable bonds is 5. The van der Waals surface area contributed by atoms with Gasteiger partial charge in [0.15, 0.2) is 0 Å². The number of nitrogens with zero attached hydrogens (tertiary/aromatic N) is 6. The summed E-state index contributed by atoms with van der Waals surface area (Å²) in [6.45, 7) is 4.10. The molecule has 0 spiro atoms. The van der Waals surface area contributed by atoms with Crippen molar-refractivity contribution in [3.63, 3.8) is 0 Å². The molecule has 8 nitrogen and oxygen atoms in total. The molecule has 39 heavy (non-hydrogen) atoms. The Balaban J connectivity index is 1.40. The molecule has 1 aliphatic rings. The Labute approximate surface area is 235 Å². The van der Waals surface area contributed by atoms with Crippen LogP contribution in [0.15, 0.2) is 83.8 Å². The molecule has 1 N–H and O–H groups in total. The molecule has 1 saturated heterocycles. The van der Waals surface area contributed by atoms with Crippen LogP contribution in [0, 0.1) is 0 Å². The molecule has 0 amide bonds. The molecule has 1 aliphatic heterocycles. The second kappa shape index (κ2) is 10.6. The van der Waals surface area contributed by atoms with Gasteiger partial charge in [-0.2, -0.15) is 9.78 Å². The first-order valence-corrected chi connectivity index (χ1v) is 13.3. The van der Waals surface area contributed by atoms with Crippen LogP contribution in [0.5, 0.6) is 0 Å². The van der Waals surface area contributed by atoms with E-state index < -0.39 is 5.56 Å². The van der Waals surface area contributed by atoms with E-state index in [2.05, 4.69) is 44.4 Å². The Morgan fingerprint density at radius 3 is 2.23 bits per heavy atom. The molecule has 0 unspecified atom stereocenters. The number of anilines is 3. The van der Waals surface area contributed by atoms with Crippen LogP contribution in [0.4, 0.5) is 17.3 Å². The third-order valence-corrected chi connectivity index (χ3v) is 7.43. The molecule has 1 fully saturated rings. The maximum atomic E-state index is 13.6. The Hall–Kier alpha value is -3.98. The highest BCUT2D eigenvalue weighted by atomic mass is 35.5. The van der Waals surface area contributed by atoms with E-state index in [0.29, 0.717) is 38.3 Å². The van der Waals surface area contributed by atoms with E-state index in [-0.39, 0.29) is 0 Å². The maximum absolute atomic E-state index is 13.6. The monoisotopic (exact) mass is 557 g/mol. The Morgan fingerprint density at radius 1 is 0.846 bits per heavy atom. The fourth-order valence-corrected chi connectivity index (χ4v) is 5.23. The van der Waals surface area contributed by atoms with Gasteiger partial charge < -0.3 is 15.1 Å². The Bertz CT molecular complexity index is 1680.